The number of rotatable bonds is 7. The molecule has 4 rings (SSSR count). The first-order valence-electron chi connectivity index (χ1n) is 10.7. The van der Waals surface area contributed by atoms with Gasteiger partial charge in [-0.3, -0.25) is 19.3 Å². The summed E-state index contributed by atoms with van der Waals surface area (Å²) in [5.74, 6) is -0.346. The van der Waals surface area contributed by atoms with Gasteiger partial charge in [0.1, 0.15) is 5.75 Å². The SMILES string of the molecule is Cc1ccc(NC(=O)COc2ccc(Br)cc2/C=C2\SC(=O)N(Cc3ccc(Br)cc3)C2=O)cc1Cl. The molecule has 1 aliphatic rings. The smallest absolute Gasteiger partial charge is 0.293 e. The number of ether oxygens (including phenoxy) is 1. The van der Waals surface area contributed by atoms with E-state index in [0.717, 1.165) is 31.8 Å². The fourth-order valence-corrected chi connectivity index (χ4v) is 4.98. The Morgan fingerprint density at radius 3 is 2.50 bits per heavy atom. The lowest BCUT2D eigenvalue weighted by molar-refractivity contribution is -0.123. The van der Waals surface area contributed by atoms with Gasteiger partial charge in [-0.05, 0) is 78.4 Å². The number of hydrogen-bond acceptors (Lipinski definition) is 5. The zero-order valence-corrected chi connectivity index (χ0v) is 23.6. The molecule has 3 aromatic carbocycles. The Morgan fingerprint density at radius 2 is 1.78 bits per heavy atom. The molecule has 3 amide bonds. The molecule has 0 radical (unpaired) electrons. The van der Waals surface area contributed by atoms with Crippen molar-refractivity contribution in [2.75, 3.05) is 11.9 Å². The number of imide groups is 1. The summed E-state index contributed by atoms with van der Waals surface area (Å²) in [7, 11) is 0. The van der Waals surface area contributed by atoms with E-state index >= 15 is 0 Å². The second-order valence-electron chi connectivity index (χ2n) is 7.88. The molecular formula is C26H19Br2ClN2O4S. The van der Waals surface area contributed by atoms with Crippen molar-refractivity contribution in [3.8, 4) is 5.75 Å². The molecule has 1 heterocycles. The van der Waals surface area contributed by atoms with Crippen LogP contribution in [0.4, 0.5) is 10.5 Å². The molecule has 3 aromatic rings. The van der Waals surface area contributed by atoms with Crippen LogP contribution < -0.4 is 10.1 Å². The number of carbonyl (C=O) groups is 3. The quantitative estimate of drug-likeness (QED) is 0.269. The lowest BCUT2D eigenvalue weighted by atomic mass is 10.1. The van der Waals surface area contributed by atoms with E-state index in [1.54, 1.807) is 36.4 Å². The second-order valence-corrected chi connectivity index (χ2v) is 11.1. The minimum atomic E-state index is -0.382. The molecule has 1 N–H and O–H groups in total. The predicted molar refractivity (Wildman–Crippen MR) is 150 cm³/mol. The lowest BCUT2D eigenvalue weighted by Gasteiger charge is -2.13. The molecule has 0 aromatic heterocycles. The van der Waals surface area contributed by atoms with Crippen molar-refractivity contribution < 1.29 is 19.1 Å². The van der Waals surface area contributed by atoms with Crippen LogP contribution in [0.25, 0.3) is 6.08 Å². The fourth-order valence-electron chi connectivity index (χ4n) is 3.32. The Bertz CT molecular complexity index is 1380. The Hall–Kier alpha value is -2.59. The zero-order valence-electron chi connectivity index (χ0n) is 18.9. The highest BCUT2D eigenvalue weighted by Gasteiger charge is 2.35. The van der Waals surface area contributed by atoms with E-state index in [1.807, 2.05) is 37.3 Å². The Balaban J connectivity index is 1.47. The molecule has 0 aliphatic carbocycles. The van der Waals surface area contributed by atoms with Crippen molar-refractivity contribution in [2.45, 2.75) is 13.5 Å². The average Bonchev–Trinajstić information content (AvgIpc) is 3.09. The molecular weight excluding hydrogens is 632 g/mol. The maximum Gasteiger partial charge on any atom is 0.293 e. The van der Waals surface area contributed by atoms with Gasteiger partial charge in [-0.25, -0.2) is 0 Å². The normalized spacial score (nSPS) is 14.4. The molecule has 36 heavy (non-hydrogen) atoms. The third-order valence-electron chi connectivity index (χ3n) is 5.20. The number of aryl methyl sites for hydroxylation is 1. The van der Waals surface area contributed by atoms with Crippen LogP contribution in [0.2, 0.25) is 5.02 Å². The molecule has 10 heteroatoms. The van der Waals surface area contributed by atoms with E-state index in [2.05, 4.69) is 37.2 Å². The highest BCUT2D eigenvalue weighted by molar-refractivity contribution is 9.10. The number of carbonyl (C=O) groups excluding carboxylic acids is 3. The summed E-state index contributed by atoms with van der Waals surface area (Å²) in [4.78, 5) is 39.4. The monoisotopic (exact) mass is 648 g/mol. The molecule has 0 unspecified atom stereocenters. The second kappa shape index (κ2) is 11.6. The van der Waals surface area contributed by atoms with Crippen LogP contribution in [0.3, 0.4) is 0 Å². The molecule has 0 saturated carbocycles. The third kappa shape index (κ3) is 6.59. The predicted octanol–water partition coefficient (Wildman–Crippen LogP) is 7.43. The van der Waals surface area contributed by atoms with E-state index in [-0.39, 0.29) is 35.1 Å². The van der Waals surface area contributed by atoms with Crippen molar-refractivity contribution in [3.63, 3.8) is 0 Å². The van der Waals surface area contributed by atoms with Gasteiger partial charge in [0.15, 0.2) is 6.61 Å². The summed E-state index contributed by atoms with van der Waals surface area (Å²) in [5, 5.41) is 2.95. The maximum atomic E-state index is 13.0. The molecule has 184 valence electrons. The molecule has 0 atom stereocenters. The van der Waals surface area contributed by atoms with E-state index in [4.69, 9.17) is 16.3 Å². The van der Waals surface area contributed by atoms with Gasteiger partial charge >= 0.3 is 0 Å². The molecule has 1 aliphatic heterocycles. The van der Waals surface area contributed by atoms with Crippen molar-refractivity contribution in [3.05, 3.63) is 96.2 Å². The van der Waals surface area contributed by atoms with Crippen LogP contribution in [0.15, 0.2) is 74.5 Å². The third-order valence-corrected chi connectivity index (χ3v) is 7.54. The van der Waals surface area contributed by atoms with Gasteiger partial charge < -0.3 is 10.1 Å². The highest BCUT2D eigenvalue weighted by atomic mass is 79.9. The summed E-state index contributed by atoms with van der Waals surface area (Å²) in [6.45, 7) is 1.81. The summed E-state index contributed by atoms with van der Waals surface area (Å²) in [6, 6.07) is 17.9. The number of nitrogens with one attached hydrogen (secondary N) is 1. The number of amides is 3. The van der Waals surface area contributed by atoms with E-state index < -0.39 is 0 Å². The first-order valence-corrected chi connectivity index (χ1v) is 13.5. The Morgan fingerprint density at radius 1 is 1.06 bits per heavy atom. The molecule has 0 spiro atoms. The van der Waals surface area contributed by atoms with Crippen LogP contribution >= 0.6 is 55.2 Å². The van der Waals surface area contributed by atoms with E-state index in [9.17, 15) is 14.4 Å². The van der Waals surface area contributed by atoms with Gasteiger partial charge in [-0.15, -0.1) is 0 Å². The zero-order chi connectivity index (χ0) is 25.8. The summed E-state index contributed by atoms with van der Waals surface area (Å²) in [6.07, 6.45) is 1.60. The van der Waals surface area contributed by atoms with Gasteiger partial charge in [-0.1, -0.05) is 61.7 Å². The minimum absolute atomic E-state index is 0.181. The van der Waals surface area contributed by atoms with Crippen molar-refractivity contribution in [1.82, 2.24) is 4.90 Å². The summed E-state index contributed by atoms with van der Waals surface area (Å²) in [5.41, 5.74) is 2.88. The first-order chi connectivity index (χ1) is 17.2. The van der Waals surface area contributed by atoms with Gasteiger partial charge in [-0.2, -0.15) is 0 Å². The number of halogens is 3. The van der Waals surface area contributed by atoms with Crippen LogP contribution in [0, 0.1) is 6.92 Å². The summed E-state index contributed by atoms with van der Waals surface area (Å²) < 4.78 is 7.43. The first kappa shape index (κ1) is 26.5. The lowest BCUT2D eigenvalue weighted by Crippen LogP contribution is -2.27. The topological polar surface area (TPSA) is 75.7 Å². The minimum Gasteiger partial charge on any atom is -0.483 e. The van der Waals surface area contributed by atoms with Crippen molar-refractivity contribution in [1.29, 1.82) is 0 Å². The Kier molecular flexibility index (Phi) is 8.56. The van der Waals surface area contributed by atoms with Crippen LogP contribution in [0.1, 0.15) is 16.7 Å². The summed E-state index contributed by atoms with van der Waals surface area (Å²) >= 11 is 13.8. The average molecular weight is 651 g/mol. The number of anilines is 1. The number of benzene rings is 3. The van der Waals surface area contributed by atoms with Crippen molar-refractivity contribution >= 4 is 84.0 Å². The van der Waals surface area contributed by atoms with Gasteiger partial charge in [0.05, 0.1) is 11.4 Å². The molecule has 6 nitrogen and oxygen atoms in total. The number of nitrogens with zero attached hydrogens (tertiary/aromatic N) is 1. The Labute approximate surface area is 234 Å². The van der Waals surface area contributed by atoms with Gasteiger partial charge in [0.2, 0.25) is 0 Å². The van der Waals surface area contributed by atoms with Gasteiger partial charge in [0, 0.05) is 25.2 Å². The van der Waals surface area contributed by atoms with E-state index in [1.165, 1.54) is 4.90 Å². The molecule has 1 fully saturated rings. The largest absolute Gasteiger partial charge is 0.483 e. The number of hydrogen-bond donors (Lipinski definition) is 1. The molecule has 0 bridgehead atoms. The van der Waals surface area contributed by atoms with Crippen LogP contribution in [0.5, 0.6) is 5.75 Å². The molecule has 1 saturated heterocycles. The van der Waals surface area contributed by atoms with Crippen LogP contribution in [-0.2, 0) is 16.1 Å². The van der Waals surface area contributed by atoms with Gasteiger partial charge in [0.25, 0.3) is 17.1 Å². The van der Waals surface area contributed by atoms with Crippen molar-refractivity contribution in [2.24, 2.45) is 0 Å². The maximum absolute atomic E-state index is 13.0. The van der Waals surface area contributed by atoms with Crippen LogP contribution in [-0.4, -0.2) is 28.6 Å². The fraction of sp³-hybridized carbons (Fsp3) is 0.115. The number of thioether (sulfide) groups is 1. The standard InChI is InChI=1S/C26H19Br2ClN2O4S/c1-15-2-8-20(12-21(15)29)30-24(32)14-35-22-9-7-19(28)10-17(22)11-23-25(33)31(26(34)36-23)13-16-3-5-18(27)6-4-16/h2-12H,13-14H2,1H3,(H,30,32)/b23-11-. The van der Waals surface area contributed by atoms with E-state index in [0.29, 0.717) is 22.0 Å². The highest BCUT2D eigenvalue weighted by Crippen LogP contribution is 2.35.